The molecule has 2 rings (SSSR count). The molecule has 0 spiro atoms. The van der Waals surface area contributed by atoms with Crippen molar-refractivity contribution in [1.29, 1.82) is 0 Å². The Morgan fingerprint density at radius 2 is 2.04 bits per heavy atom. The van der Waals surface area contributed by atoms with Crippen LogP contribution in [-0.4, -0.2) is 30.1 Å². The van der Waals surface area contributed by atoms with Crippen molar-refractivity contribution in [3.63, 3.8) is 0 Å². The zero-order chi connectivity index (χ0) is 18.6. The van der Waals surface area contributed by atoms with E-state index in [1.807, 2.05) is 0 Å². The zero-order valence-electron chi connectivity index (χ0n) is 14.6. The third-order valence-corrected chi connectivity index (χ3v) is 3.88. The maximum Gasteiger partial charge on any atom is 0.408 e. The number of hydrogen-bond donors (Lipinski definition) is 3. The van der Waals surface area contributed by atoms with Crippen LogP contribution in [0.15, 0.2) is 23.2 Å². The SMILES string of the molecule is CC(C)(C)OC(=O)N[C@@H]1CC[C@@H](c2cccc(F)c2F)CN=C1NN. The van der Waals surface area contributed by atoms with Crippen LogP contribution in [0.5, 0.6) is 0 Å². The number of aliphatic imine (C=N–C) groups is 1. The largest absolute Gasteiger partial charge is 0.444 e. The lowest BCUT2D eigenvalue weighted by Crippen LogP contribution is -2.49. The molecule has 0 bridgehead atoms. The fourth-order valence-corrected chi connectivity index (χ4v) is 2.74. The first-order valence-electron chi connectivity index (χ1n) is 8.15. The van der Waals surface area contributed by atoms with Crippen LogP contribution >= 0.6 is 0 Å². The highest BCUT2D eigenvalue weighted by molar-refractivity contribution is 5.90. The highest BCUT2D eigenvalue weighted by atomic mass is 19.2. The molecule has 0 aliphatic carbocycles. The summed E-state index contributed by atoms with van der Waals surface area (Å²) in [5.41, 5.74) is 2.12. The van der Waals surface area contributed by atoms with Crippen LogP contribution in [0.2, 0.25) is 0 Å². The number of benzene rings is 1. The molecule has 6 nitrogen and oxygen atoms in total. The second-order valence-electron chi connectivity index (χ2n) is 6.99. The molecule has 138 valence electrons. The Labute approximate surface area is 145 Å². The number of amidine groups is 1. The van der Waals surface area contributed by atoms with Gasteiger partial charge in [-0.05, 0) is 45.2 Å². The van der Waals surface area contributed by atoms with Gasteiger partial charge in [-0.25, -0.2) is 19.4 Å². The smallest absolute Gasteiger partial charge is 0.408 e. The maximum absolute atomic E-state index is 14.0. The van der Waals surface area contributed by atoms with Crippen molar-refractivity contribution in [2.24, 2.45) is 10.8 Å². The van der Waals surface area contributed by atoms with Gasteiger partial charge in [0.1, 0.15) is 11.4 Å². The van der Waals surface area contributed by atoms with Crippen molar-refractivity contribution < 1.29 is 18.3 Å². The lowest BCUT2D eigenvalue weighted by Gasteiger charge is -2.23. The van der Waals surface area contributed by atoms with Crippen molar-refractivity contribution in [1.82, 2.24) is 10.7 Å². The molecule has 1 aliphatic rings. The number of hydrogen-bond acceptors (Lipinski definition) is 5. The number of alkyl carbamates (subject to hydrolysis) is 1. The second-order valence-corrected chi connectivity index (χ2v) is 6.99. The Balaban J connectivity index is 2.12. The number of nitrogens with two attached hydrogens (primary N) is 1. The predicted octanol–water partition coefficient (Wildman–Crippen LogP) is 2.60. The van der Waals surface area contributed by atoms with Crippen LogP contribution in [0.4, 0.5) is 13.6 Å². The predicted molar refractivity (Wildman–Crippen MR) is 91.1 cm³/mol. The van der Waals surface area contributed by atoms with E-state index in [1.165, 1.54) is 6.07 Å². The molecule has 0 radical (unpaired) electrons. The van der Waals surface area contributed by atoms with E-state index < -0.39 is 29.4 Å². The summed E-state index contributed by atoms with van der Waals surface area (Å²) in [6.07, 6.45) is 0.383. The summed E-state index contributed by atoms with van der Waals surface area (Å²) >= 11 is 0. The quantitative estimate of drug-likeness (QED) is 0.563. The zero-order valence-corrected chi connectivity index (χ0v) is 14.6. The number of hydrazine groups is 1. The molecule has 0 saturated carbocycles. The third kappa shape index (κ3) is 5.12. The molecule has 1 aromatic rings. The first kappa shape index (κ1) is 19.1. The van der Waals surface area contributed by atoms with Gasteiger partial charge >= 0.3 is 6.09 Å². The molecular formula is C17H24F2N4O2. The molecule has 4 N–H and O–H groups in total. The standard InChI is InChI=1S/C17H24F2N4O2/c1-17(2,3)25-16(24)22-13-8-7-10(9-21-15(13)23-20)11-5-4-6-12(18)14(11)19/h4-6,10,13H,7-9,20H2,1-3H3,(H,21,23)(H,22,24)/t10-,13-/m1/s1. The van der Waals surface area contributed by atoms with Crippen molar-refractivity contribution in [2.75, 3.05) is 6.54 Å². The van der Waals surface area contributed by atoms with Crippen molar-refractivity contribution >= 4 is 11.9 Å². The molecule has 0 fully saturated rings. The maximum atomic E-state index is 14.0. The molecule has 2 atom stereocenters. The second kappa shape index (κ2) is 7.77. The molecular weight excluding hydrogens is 330 g/mol. The fourth-order valence-electron chi connectivity index (χ4n) is 2.74. The van der Waals surface area contributed by atoms with Crippen LogP contribution in [0.1, 0.15) is 45.1 Å². The van der Waals surface area contributed by atoms with Crippen molar-refractivity contribution in [3.05, 3.63) is 35.4 Å². The number of nitrogens with one attached hydrogen (secondary N) is 2. The first-order valence-corrected chi connectivity index (χ1v) is 8.15. The Kier molecular flexibility index (Phi) is 5.94. The third-order valence-electron chi connectivity index (χ3n) is 3.88. The van der Waals surface area contributed by atoms with Gasteiger partial charge in [-0.3, -0.25) is 4.99 Å². The number of carbonyl (C=O) groups excluding carboxylic acids is 1. The summed E-state index contributed by atoms with van der Waals surface area (Å²) in [5.74, 6) is 3.83. The molecule has 0 saturated heterocycles. The van der Waals surface area contributed by atoms with Crippen molar-refractivity contribution in [2.45, 2.75) is 51.2 Å². The highest BCUT2D eigenvalue weighted by Crippen LogP contribution is 2.28. The summed E-state index contributed by atoms with van der Waals surface area (Å²) in [7, 11) is 0. The van der Waals surface area contributed by atoms with Crippen molar-refractivity contribution in [3.8, 4) is 0 Å². The molecule has 0 aromatic heterocycles. The lowest BCUT2D eigenvalue weighted by molar-refractivity contribution is 0.0515. The van der Waals surface area contributed by atoms with Gasteiger partial charge in [-0.15, -0.1) is 0 Å². The number of ether oxygens (including phenoxy) is 1. The van der Waals surface area contributed by atoms with E-state index in [-0.39, 0.29) is 18.0 Å². The van der Waals surface area contributed by atoms with Gasteiger partial charge in [0, 0.05) is 12.5 Å². The van der Waals surface area contributed by atoms with Gasteiger partial charge in [-0.1, -0.05) is 12.1 Å². The lowest BCUT2D eigenvalue weighted by atomic mass is 9.93. The van der Waals surface area contributed by atoms with Crippen LogP contribution in [0, 0.1) is 11.6 Å². The van der Waals surface area contributed by atoms with Gasteiger partial charge in [-0.2, -0.15) is 0 Å². The normalized spacial score (nSPS) is 21.1. The molecule has 1 heterocycles. The molecule has 8 heteroatoms. The van der Waals surface area contributed by atoms with E-state index in [0.717, 1.165) is 6.07 Å². The topological polar surface area (TPSA) is 88.7 Å². The van der Waals surface area contributed by atoms with E-state index in [2.05, 4.69) is 15.7 Å². The Morgan fingerprint density at radius 3 is 2.68 bits per heavy atom. The molecule has 1 aromatic carbocycles. The Hall–Kier alpha value is -2.22. The number of amides is 1. The average Bonchev–Trinajstić information content (AvgIpc) is 2.70. The number of rotatable bonds is 2. The Morgan fingerprint density at radius 1 is 1.32 bits per heavy atom. The van der Waals surface area contributed by atoms with Gasteiger partial charge in [0.25, 0.3) is 0 Å². The summed E-state index contributed by atoms with van der Waals surface area (Å²) in [6.45, 7) is 5.53. The van der Waals surface area contributed by atoms with Gasteiger partial charge in [0.2, 0.25) is 0 Å². The fraction of sp³-hybridized carbons (Fsp3) is 0.529. The van der Waals surface area contributed by atoms with E-state index >= 15 is 0 Å². The first-order chi connectivity index (χ1) is 11.7. The minimum Gasteiger partial charge on any atom is -0.444 e. The van der Waals surface area contributed by atoms with Crippen LogP contribution in [-0.2, 0) is 4.74 Å². The van der Waals surface area contributed by atoms with E-state index in [0.29, 0.717) is 18.7 Å². The summed E-state index contributed by atoms with van der Waals surface area (Å²) < 4.78 is 32.7. The molecule has 1 aliphatic heterocycles. The number of carbonyl (C=O) groups is 1. The summed E-state index contributed by atoms with van der Waals surface area (Å²) in [4.78, 5) is 16.3. The van der Waals surface area contributed by atoms with Gasteiger partial charge in [0.05, 0.1) is 6.04 Å². The molecule has 25 heavy (non-hydrogen) atoms. The van der Waals surface area contributed by atoms with E-state index in [9.17, 15) is 13.6 Å². The minimum absolute atomic E-state index is 0.242. The minimum atomic E-state index is -0.883. The van der Waals surface area contributed by atoms with E-state index in [1.54, 1.807) is 26.8 Å². The summed E-state index contributed by atoms with van der Waals surface area (Å²) in [5, 5.41) is 2.71. The average molecular weight is 354 g/mol. The number of halogens is 2. The van der Waals surface area contributed by atoms with Gasteiger partial charge < -0.3 is 15.5 Å². The van der Waals surface area contributed by atoms with Crippen LogP contribution in [0.25, 0.3) is 0 Å². The monoisotopic (exact) mass is 354 g/mol. The van der Waals surface area contributed by atoms with E-state index in [4.69, 9.17) is 10.6 Å². The van der Waals surface area contributed by atoms with Crippen LogP contribution < -0.4 is 16.6 Å². The van der Waals surface area contributed by atoms with Crippen LogP contribution in [0.3, 0.4) is 0 Å². The molecule has 1 amide bonds. The van der Waals surface area contributed by atoms with Gasteiger partial charge in [0.15, 0.2) is 11.6 Å². The number of nitrogens with zero attached hydrogens (tertiary/aromatic N) is 1. The molecule has 0 unspecified atom stereocenters. The highest BCUT2D eigenvalue weighted by Gasteiger charge is 2.28. The summed E-state index contributed by atoms with van der Waals surface area (Å²) in [6, 6.07) is 3.62. The Bertz CT molecular complexity index is 659.